The Morgan fingerprint density at radius 1 is 0.517 bits per heavy atom. The van der Waals surface area contributed by atoms with Crippen LogP contribution in [0.4, 0.5) is 0 Å². The molecule has 2 rings (SSSR count). The third-order valence-electron chi connectivity index (χ3n) is 5.70. The molecule has 0 aliphatic carbocycles. The SMILES string of the molecule is CCOC1N(C(C)(C)C)[Si]2(N1C(C)(C)C)N(C(C)(C)C)C(OCC)N2C(C)(C)C. The van der Waals surface area contributed by atoms with Crippen LogP contribution in [-0.2, 0) is 9.47 Å². The van der Waals surface area contributed by atoms with Crippen molar-refractivity contribution in [1.82, 2.24) is 18.3 Å². The van der Waals surface area contributed by atoms with E-state index in [1.165, 1.54) is 0 Å². The van der Waals surface area contributed by atoms with Crippen molar-refractivity contribution in [3.8, 4) is 0 Å². The van der Waals surface area contributed by atoms with E-state index in [2.05, 4.69) is 115 Å². The molecule has 0 N–H and O–H groups in total. The van der Waals surface area contributed by atoms with Gasteiger partial charge in [0.25, 0.3) is 0 Å². The topological polar surface area (TPSA) is 31.4 Å². The lowest BCUT2D eigenvalue weighted by molar-refractivity contribution is -0.302. The standard InChI is InChI=1S/C22H48N4O2Si/c1-15-27-17-23(19(3,4)5)29(24(17)20(6,7)8)25(21(9,10)11)18(28-16-2)26(29)22(12,13)14/h17-18H,15-16H2,1-14H3. The monoisotopic (exact) mass is 428 g/mol. The quantitative estimate of drug-likeness (QED) is 0.613. The van der Waals surface area contributed by atoms with E-state index in [-0.39, 0.29) is 34.9 Å². The summed E-state index contributed by atoms with van der Waals surface area (Å²) in [5, 5.41) is 0. The molecule has 2 fully saturated rings. The van der Waals surface area contributed by atoms with Gasteiger partial charge in [-0.1, -0.05) is 0 Å². The normalized spacial score (nSPS) is 31.2. The predicted molar refractivity (Wildman–Crippen MR) is 123 cm³/mol. The number of rotatable bonds is 4. The maximum absolute atomic E-state index is 6.40. The van der Waals surface area contributed by atoms with Gasteiger partial charge in [0.2, 0.25) is 0 Å². The molecule has 0 amide bonds. The lowest BCUT2D eigenvalue weighted by atomic mass is 10.1. The maximum Gasteiger partial charge on any atom is 0.391 e. The molecular formula is C22H48N4O2Si. The average Bonchev–Trinajstić information content (AvgIpc) is 2.37. The minimum absolute atomic E-state index is 0.0241. The Kier molecular flexibility index (Phi) is 6.56. The van der Waals surface area contributed by atoms with Gasteiger partial charge in [0.1, 0.15) is 0 Å². The van der Waals surface area contributed by atoms with Gasteiger partial charge in [-0.05, 0) is 96.9 Å². The van der Waals surface area contributed by atoms with Crippen LogP contribution in [0.25, 0.3) is 0 Å². The fourth-order valence-electron chi connectivity index (χ4n) is 5.13. The van der Waals surface area contributed by atoms with Crippen LogP contribution >= 0.6 is 0 Å². The summed E-state index contributed by atoms with van der Waals surface area (Å²) in [5.74, 6) is 0. The Balaban J connectivity index is 2.79. The number of nitrogens with zero attached hydrogens (tertiary/aromatic N) is 4. The second-order valence-electron chi connectivity index (χ2n) is 12.3. The van der Waals surface area contributed by atoms with E-state index in [4.69, 9.17) is 9.47 Å². The predicted octanol–water partition coefficient (Wildman–Crippen LogP) is 4.49. The second kappa shape index (κ2) is 7.54. The Morgan fingerprint density at radius 2 is 0.724 bits per heavy atom. The molecule has 0 unspecified atom stereocenters. The number of ether oxygens (including phenoxy) is 2. The molecule has 0 aromatic heterocycles. The Bertz CT molecular complexity index is 486. The fraction of sp³-hybridized carbons (Fsp3) is 1.00. The molecule has 0 bridgehead atoms. The molecule has 2 saturated heterocycles. The first kappa shape index (κ1) is 25.2. The summed E-state index contributed by atoms with van der Waals surface area (Å²) in [5.41, 5.74) is -0.119. The van der Waals surface area contributed by atoms with Crippen molar-refractivity contribution in [3.05, 3.63) is 0 Å². The first-order valence-electron chi connectivity index (χ1n) is 11.3. The minimum atomic E-state index is -2.47. The Labute approximate surface area is 181 Å². The van der Waals surface area contributed by atoms with Gasteiger partial charge in [-0.2, -0.15) is 0 Å². The van der Waals surface area contributed by atoms with Crippen molar-refractivity contribution in [2.75, 3.05) is 13.2 Å². The molecule has 0 atom stereocenters. The molecule has 6 nitrogen and oxygen atoms in total. The molecule has 0 radical (unpaired) electrons. The maximum atomic E-state index is 6.40. The van der Waals surface area contributed by atoms with Crippen LogP contribution in [-0.4, -0.2) is 75.1 Å². The van der Waals surface area contributed by atoms with E-state index in [1.54, 1.807) is 0 Å². The Morgan fingerprint density at radius 3 is 0.862 bits per heavy atom. The van der Waals surface area contributed by atoms with Crippen molar-refractivity contribution in [1.29, 1.82) is 0 Å². The minimum Gasteiger partial charge on any atom is -0.351 e. The van der Waals surface area contributed by atoms with Gasteiger partial charge >= 0.3 is 8.72 Å². The van der Waals surface area contributed by atoms with Crippen molar-refractivity contribution in [2.24, 2.45) is 0 Å². The van der Waals surface area contributed by atoms with E-state index < -0.39 is 8.72 Å². The van der Waals surface area contributed by atoms with E-state index in [9.17, 15) is 0 Å². The summed E-state index contributed by atoms with van der Waals surface area (Å²) in [6.45, 7) is 33.5. The molecule has 29 heavy (non-hydrogen) atoms. The lowest BCUT2D eigenvalue weighted by Gasteiger charge is -2.84. The third kappa shape index (κ3) is 3.86. The molecule has 0 saturated carbocycles. The van der Waals surface area contributed by atoms with Gasteiger partial charge < -0.3 is 9.47 Å². The van der Waals surface area contributed by atoms with Gasteiger partial charge in [-0.15, -0.1) is 0 Å². The van der Waals surface area contributed by atoms with Crippen LogP contribution in [0, 0.1) is 0 Å². The average molecular weight is 429 g/mol. The highest BCUT2D eigenvalue weighted by atomic mass is 28.4. The van der Waals surface area contributed by atoms with Crippen molar-refractivity contribution >= 4 is 8.72 Å². The van der Waals surface area contributed by atoms with Gasteiger partial charge in [-0.3, -0.25) is 0 Å². The zero-order chi connectivity index (χ0) is 22.8. The highest BCUT2D eigenvalue weighted by Crippen LogP contribution is 2.58. The molecule has 172 valence electrons. The van der Waals surface area contributed by atoms with E-state index in [0.29, 0.717) is 13.2 Å². The lowest BCUT2D eigenvalue weighted by Crippen LogP contribution is -3.09. The second-order valence-corrected chi connectivity index (χ2v) is 15.5. The fourth-order valence-corrected chi connectivity index (χ4v) is 11.7. The van der Waals surface area contributed by atoms with Gasteiger partial charge in [0, 0.05) is 35.4 Å². The summed E-state index contributed by atoms with van der Waals surface area (Å²) >= 11 is 0. The highest BCUT2D eigenvalue weighted by Gasteiger charge is 2.84. The van der Waals surface area contributed by atoms with Crippen LogP contribution in [0.3, 0.4) is 0 Å². The van der Waals surface area contributed by atoms with Gasteiger partial charge in [-0.25, -0.2) is 18.3 Å². The molecular weight excluding hydrogens is 380 g/mol. The Hall–Kier alpha value is -0.0231. The van der Waals surface area contributed by atoms with Gasteiger partial charge in [0.05, 0.1) is 0 Å². The van der Waals surface area contributed by atoms with Crippen LogP contribution in [0.5, 0.6) is 0 Å². The molecule has 7 heteroatoms. The highest BCUT2D eigenvalue weighted by molar-refractivity contribution is 6.74. The largest absolute Gasteiger partial charge is 0.391 e. The molecule has 1 spiro atoms. The van der Waals surface area contributed by atoms with E-state index in [0.717, 1.165) is 0 Å². The van der Waals surface area contributed by atoms with E-state index in [1.807, 2.05) is 0 Å². The molecule has 2 aliphatic rings. The van der Waals surface area contributed by atoms with Crippen LogP contribution in [0.1, 0.15) is 96.9 Å². The molecule has 0 aromatic carbocycles. The van der Waals surface area contributed by atoms with Crippen LogP contribution in [0.15, 0.2) is 0 Å². The first-order chi connectivity index (χ1) is 12.9. The first-order valence-corrected chi connectivity index (χ1v) is 13.1. The summed E-state index contributed by atoms with van der Waals surface area (Å²) in [7, 11) is -2.47. The molecule has 2 aliphatic heterocycles. The van der Waals surface area contributed by atoms with Gasteiger partial charge in [0.15, 0.2) is 12.7 Å². The third-order valence-corrected chi connectivity index (χ3v) is 11.9. The summed E-state index contributed by atoms with van der Waals surface area (Å²) in [4.78, 5) is 0. The van der Waals surface area contributed by atoms with Crippen LogP contribution in [0.2, 0.25) is 0 Å². The molecule has 0 aromatic rings. The zero-order valence-electron chi connectivity index (χ0n) is 21.7. The van der Waals surface area contributed by atoms with Crippen molar-refractivity contribution in [3.63, 3.8) is 0 Å². The molecule has 2 heterocycles. The number of hydrogen-bond donors (Lipinski definition) is 0. The number of hydrogen-bond acceptors (Lipinski definition) is 6. The van der Waals surface area contributed by atoms with Crippen LogP contribution < -0.4 is 0 Å². The van der Waals surface area contributed by atoms with E-state index >= 15 is 0 Å². The summed E-state index contributed by atoms with van der Waals surface area (Å²) < 4.78 is 23.5. The zero-order valence-corrected chi connectivity index (χ0v) is 22.7. The van der Waals surface area contributed by atoms with Crippen molar-refractivity contribution < 1.29 is 9.47 Å². The smallest absolute Gasteiger partial charge is 0.351 e. The summed E-state index contributed by atoms with van der Waals surface area (Å²) in [6.07, 6.45) is -0.0483. The van der Waals surface area contributed by atoms with Crippen molar-refractivity contribution in [2.45, 2.75) is 132 Å². The summed E-state index contributed by atoms with van der Waals surface area (Å²) in [6, 6.07) is 0.